The van der Waals surface area contributed by atoms with Gasteiger partial charge in [-0.1, -0.05) is 12.1 Å². The highest BCUT2D eigenvalue weighted by atomic mass is 35.5. The summed E-state index contributed by atoms with van der Waals surface area (Å²) in [5, 5.41) is 30.1. The molecule has 140 valence electrons. The number of hydrogen-bond donors (Lipinski definition) is 1. The van der Waals surface area contributed by atoms with Crippen molar-refractivity contribution in [3.63, 3.8) is 0 Å². The number of nitrogens with zero attached hydrogens (tertiary/aromatic N) is 3. The Morgan fingerprint density at radius 2 is 1.54 bits per heavy atom. The lowest BCUT2D eigenvalue weighted by Gasteiger charge is -2.04. The molecule has 0 aliphatic rings. The molecule has 1 aromatic carbocycles. The first kappa shape index (κ1) is 21.5. The van der Waals surface area contributed by atoms with Crippen molar-refractivity contribution in [3.8, 4) is 0 Å². The molecule has 1 heterocycles. The number of nitro groups is 2. The minimum absolute atomic E-state index is 0.0408. The second-order valence-electron chi connectivity index (χ2n) is 5.68. The van der Waals surface area contributed by atoms with Gasteiger partial charge in [-0.15, -0.1) is 11.6 Å². The predicted molar refractivity (Wildman–Crippen MR) is 98.4 cm³/mol. The fraction of sp³-hybridized carbons (Fsp3) is 0.353. The summed E-state index contributed by atoms with van der Waals surface area (Å²) >= 11 is 5.64. The number of alkyl halides is 1. The Morgan fingerprint density at radius 3 is 2.00 bits per heavy atom. The molecule has 9 heteroatoms. The fourth-order valence-electron chi connectivity index (χ4n) is 2.51. The van der Waals surface area contributed by atoms with Crippen LogP contribution < -0.4 is 0 Å². The lowest BCUT2D eigenvalue weighted by molar-refractivity contribution is -0.386. The summed E-state index contributed by atoms with van der Waals surface area (Å²) in [5.74, 6) is 0.312. The smallest absolute Gasteiger partial charge is 0.278 e. The molecule has 0 spiro atoms. The lowest BCUT2D eigenvalue weighted by atomic mass is 10.0. The second-order valence-corrected chi connectivity index (χ2v) is 5.95. The average Bonchev–Trinajstić information content (AvgIpc) is 2.55. The highest BCUT2D eigenvalue weighted by molar-refractivity contribution is 6.17. The molecule has 0 bridgehead atoms. The SMILES string of the molecule is Cc1ccc(CCl)c(C)c1[N+](=O)[O-].Cc1cnc(CO)c(C)c1[N+](=O)[O-]. The molecule has 0 amide bonds. The molecule has 1 N–H and O–H groups in total. The van der Waals surface area contributed by atoms with Crippen molar-refractivity contribution >= 4 is 23.0 Å². The Hall–Kier alpha value is -2.58. The normalized spacial score (nSPS) is 10.1. The van der Waals surface area contributed by atoms with Crippen molar-refractivity contribution < 1.29 is 15.0 Å². The molecule has 0 fully saturated rings. The van der Waals surface area contributed by atoms with E-state index >= 15 is 0 Å². The van der Waals surface area contributed by atoms with Gasteiger partial charge in [0.25, 0.3) is 11.4 Å². The van der Waals surface area contributed by atoms with Crippen molar-refractivity contribution in [2.45, 2.75) is 40.2 Å². The van der Waals surface area contributed by atoms with E-state index in [-0.39, 0.29) is 22.9 Å². The summed E-state index contributed by atoms with van der Waals surface area (Å²) in [6, 6.07) is 3.55. The van der Waals surface area contributed by atoms with Crippen LogP contribution in [-0.2, 0) is 12.5 Å². The number of pyridine rings is 1. The van der Waals surface area contributed by atoms with E-state index in [1.165, 1.54) is 6.20 Å². The molecular weight excluding hydrogens is 362 g/mol. The van der Waals surface area contributed by atoms with Crippen molar-refractivity contribution in [2.24, 2.45) is 0 Å². The number of nitro benzene ring substituents is 1. The summed E-state index contributed by atoms with van der Waals surface area (Å²) in [6.07, 6.45) is 1.40. The predicted octanol–water partition coefficient (Wildman–Crippen LogP) is 4.05. The van der Waals surface area contributed by atoms with Crippen molar-refractivity contribution in [2.75, 3.05) is 0 Å². The van der Waals surface area contributed by atoms with Crippen LogP contribution in [0.1, 0.15) is 33.5 Å². The topological polar surface area (TPSA) is 119 Å². The van der Waals surface area contributed by atoms with Gasteiger partial charge in [0, 0.05) is 28.8 Å². The van der Waals surface area contributed by atoms with Crippen LogP contribution in [0.5, 0.6) is 0 Å². The molecule has 1 aromatic heterocycles. The van der Waals surface area contributed by atoms with Gasteiger partial charge >= 0.3 is 0 Å². The number of hydrogen-bond acceptors (Lipinski definition) is 6. The summed E-state index contributed by atoms with van der Waals surface area (Å²) < 4.78 is 0. The number of aliphatic hydroxyl groups excluding tert-OH is 1. The summed E-state index contributed by atoms with van der Waals surface area (Å²) in [4.78, 5) is 24.4. The molecular formula is C17H20ClN3O5. The third-order valence-corrected chi connectivity index (χ3v) is 4.27. The molecule has 2 aromatic rings. The second kappa shape index (κ2) is 9.21. The lowest BCUT2D eigenvalue weighted by Crippen LogP contribution is -2.01. The van der Waals surface area contributed by atoms with Gasteiger partial charge in [-0.25, -0.2) is 0 Å². The zero-order valence-corrected chi connectivity index (χ0v) is 15.7. The largest absolute Gasteiger partial charge is 0.390 e. The van der Waals surface area contributed by atoms with Crippen LogP contribution in [0.4, 0.5) is 11.4 Å². The van der Waals surface area contributed by atoms with E-state index in [2.05, 4.69) is 4.98 Å². The molecule has 8 nitrogen and oxygen atoms in total. The zero-order valence-electron chi connectivity index (χ0n) is 14.9. The van der Waals surface area contributed by atoms with Gasteiger partial charge in [-0.3, -0.25) is 25.2 Å². The van der Waals surface area contributed by atoms with Crippen LogP contribution in [0.3, 0.4) is 0 Å². The van der Waals surface area contributed by atoms with E-state index < -0.39 is 4.92 Å². The Kier molecular flexibility index (Phi) is 7.60. The molecule has 0 aliphatic heterocycles. The van der Waals surface area contributed by atoms with Crippen LogP contribution in [-0.4, -0.2) is 19.9 Å². The minimum Gasteiger partial charge on any atom is -0.390 e. The number of aryl methyl sites for hydroxylation is 2. The van der Waals surface area contributed by atoms with Gasteiger partial charge in [0.2, 0.25) is 0 Å². The monoisotopic (exact) mass is 381 g/mol. The minimum atomic E-state index is -0.453. The zero-order chi connectivity index (χ0) is 20.0. The third kappa shape index (κ3) is 4.74. The molecule has 0 radical (unpaired) electrons. The molecule has 26 heavy (non-hydrogen) atoms. The van der Waals surface area contributed by atoms with Crippen molar-refractivity contribution in [1.29, 1.82) is 0 Å². The molecule has 0 saturated heterocycles. The van der Waals surface area contributed by atoms with Gasteiger partial charge < -0.3 is 5.11 Å². The van der Waals surface area contributed by atoms with E-state index in [4.69, 9.17) is 16.7 Å². The van der Waals surface area contributed by atoms with Crippen LogP contribution in [0.25, 0.3) is 0 Å². The van der Waals surface area contributed by atoms with E-state index in [1.54, 1.807) is 33.8 Å². The maximum Gasteiger partial charge on any atom is 0.278 e. The fourth-order valence-corrected chi connectivity index (χ4v) is 2.80. The van der Waals surface area contributed by atoms with Gasteiger partial charge in [0.05, 0.1) is 27.7 Å². The van der Waals surface area contributed by atoms with Gasteiger partial charge in [-0.05, 0) is 33.3 Å². The highest BCUT2D eigenvalue weighted by Gasteiger charge is 2.18. The summed E-state index contributed by atoms with van der Waals surface area (Å²) in [5.41, 5.74) is 3.69. The van der Waals surface area contributed by atoms with Crippen LogP contribution in [0.15, 0.2) is 18.3 Å². The number of benzene rings is 1. The quantitative estimate of drug-likeness (QED) is 0.484. The third-order valence-electron chi connectivity index (χ3n) is 3.98. The maximum atomic E-state index is 10.7. The van der Waals surface area contributed by atoms with E-state index in [0.717, 1.165) is 5.56 Å². The molecule has 0 saturated carbocycles. The first-order valence-corrected chi connectivity index (χ1v) is 8.18. The van der Waals surface area contributed by atoms with Crippen molar-refractivity contribution in [1.82, 2.24) is 4.98 Å². The molecule has 2 rings (SSSR count). The van der Waals surface area contributed by atoms with E-state index in [9.17, 15) is 20.2 Å². The Bertz CT molecular complexity index is 770. The standard InChI is InChI=1S/C9H10ClNO2.C8H10N2O3/c1-6-3-4-8(5-10)7(2)9(6)11(12)13;1-5-3-9-7(4-11)6(2)8(5)10(12)13/h3-4H,5H2,1-2H3;3,11H,4H2,1-2H3. The average molecular weight is 382 g/mol. The van der Waals surface area contributed by atoms with E-state index in [1.807, 2.05) is 6.07 Å². The number of halogens is 1. The van der Waals surface area contributed by atoms with Gasteiger partial charge in [0.15, 0.2) is 0 Å². The molecule has 0 aliphatic carbocycles. The maximum absolute atomic E-state index is 10.7. The first-order chi connectivity index (χ1) is 12.1. The van der Waals surface area contributed by atoms with Crippen LogP contribution in [0.2, 0.25) is 0 Å². The van der Waals surface area contributed by atoms with Crippen molar-refractivity contribution in [3.05, 3.63) is 72.1 Å². The van der Waals surface area contributed by atoms with Gasteiger partial charge in [-0.2, -0.15) is 0 Å². The van der Waals surface area contributed by atoms with Gasteiger partial charge in [0.1, 0.15) is 0 Å². The Balaban J connectivity index is 0.000000260. The Labute approximate surface area is 155 Å². The number of aliphatic hydroxyl groups is 1. The van der Waals surface area contributed by atoms with Crippen LogP contribution in [0, 0.1) is 47.9 Å². The number of rotatable bonds is 4. The number of aromatic nitrogens is 1. The van der Waals surface area contributed by atoms with E-state index in [0.29, 0.717) is 33.8 Å². The first-order valence-electron chi connectivity index (χ1n) is 7.65. The van der Waals surface area contributed by atoms with Crippen LogP contribution >= 0.6 is 11.6 Å². The summed E-state index contributed by atoms with van der Waals surface area (Å²) in [6.45, 7) is 6.39. The summed E-state index contributed by atoms with van der Waals surface area (Å²) in [7, 11) is 0. The Morgan fingerprint density at radius 1 is 1.00 bits per heavy atom. The molecule has 0 atom stereocenters. The highest BCUT2D eigenvalue weighted by Crippen LogP contribution is 2.26. The molecule has 0 unspecified atom stereocenters.